The second-order valence-electron chi connectivity index (χ2n) is 4.27. The van der Waals surface area contributed by atoms with E-state index < -0.39 is 0 Å². The van der Waals surface area contributed by atoms with Gasteiger partial charge in [-0.25, -0.2) is 0 Å². The highest BCUT2D eigenvalue weighted by Crippen LogP contribution is 2.29. The number of nitrogens with one attached hydrogen (secondary N) is 1. The van der Waals surface area contributed by atoms with Crippen molar-refractivity contribution in [1.29, 1.82) is 0 Å². The van der Waals surface area contributed by atoms with E-state index in [-0.39, 0.29) is 11.4 Å². The summed E-state index contributed by atoms with van der Waals surface area (Å²) >= 11 is 0. The molecule has 0 spiro atoms. The van der Waals surface area contributed by atoms with Crippen molar-refractivity contribution in [3.05, 3.63) is 35.9 Å². The molecular formula is C13H17NO2. The summed E-state index contributed by atoms with van der Waals surface area (Å²) in [6.45, 7) is 3.75. The van der Waals surface area contributed by atoms with Crippen LogP contribution in [0.15, 0.2) is 30.3 Å². The van der Waals surface area contributed by atoms with Gasteiger partial charge in [-0.2, -0.15) is 0 Å². The molecular weight excluding hydrogens is 202 g/mol. The van der Waals surface area contributed by atoms with Gasteiger partial charge in [-0.15, -0.1) is 0 Å². The summed E-state index contributed by atoms with van der Waals surface area (Å²) in [7, 11) is 0. The van der Waals surface area contributed by atoms with Crippen LogP contribution >= 0.6 is 0 Å². The zero-order chi connectivity index (χ0) is 11.4. The van der Waals surface area contributed by atoms with Crippen LogP contribution in [0, 0.1) is 5.41 Å². The molecule has 0 bridgehead atoms. The van der Waals surface area contributed by atoms with Crippen LogP contribution in [0.4, 0.5) is 0 Å². The lowest BCUT2D eigenvalue weighted by atomic mass is 9.76. The lowest BCUT2D eigenvalue weighted by Crippen LogP contribution is -2.59. The fourth-order valence-corrected chi connectivity index (χ4v) is 2.04. The number of carbonyl (C=O) groups is 1. The van der Waals surface area contributed by atoms with Crippen molar-refractivity contribution in [2.75, 3.05) is 19.7 Å². The SMILES string of the molecule is CCOC(=O)C1(Cc2ccccc2)CNC1. The summed E-state index contributed by atoms with van der Waals surface area (Å²) in [4.78, 5) is 11.9. The summed E-state index contributed by atoms with van der Waals surface area (Å²) in [5, 5.41) is 3.16. The molecule has 86 valence electrons. The minimum absolute atomic E-state index is 0.0717. The van der Waals surface area contributed by atoms with E-state index in [4.69, 9.17) is 4.74 Å². The van der Waals surface area contributed by atoms with E-state index in [0.717, 1.165) is 19.5 Å². The van der Waals surface area contributed by atoms with Crippen molar-refractivity contribution in [1.82, 2.24) is 5.32 Å². The standard InChI is InChI=1S/C13H17NO2/c1-2-16-12(15)13(9-14-10-13)8-11-6-4-3-5-7-11/h3-7,14H,2,8-10H2,1H3. The Labute approximate surface area is 95.8 Å². The van der Waals surface area contributed by atoms with Crippen molar-refractivity contribution in [3.63, 3.8) is 0 Å². The van der Waals surface area contributed by atoms with E-state index in [1.165, 1.54) is 5.56 Å². The highest BCUT2D eigenvalue weighted by Gasteiger charge is 2.45. The van der Waals surface area contributed by atoms with E-state index in [2.05, 4.69) is 17.4 Å². The van der Waals surface area contributed by atoms with Crippen LogP contribution in [0.3, 0.4) is 0 Å². The first kappa shape index (κ1) is 11.1. The summed E-state index contributed by atoms with van der Waals surface area (Å²) < 4.78 is 5.14. The quantitative estimate of drug-likeness (QED) is 0.777. The lowest BCUT2D eigenvalue weighted by molar-refractivity contribution is -0.158. The van der Waals surface area contributed by atoms with Gasteiger partial charge in [0.15, 0.2) is 0 Å². The molecule has 1 saturated heterocycles. The number of benzene rings is 1. The molecule has 3 heteroatoms. The van der Waals surface area contributed by atoms with Crippen LogP contribution in [0.5, 0.6) is 0 Å². The van der Waals surface area contributed by atoms with Crippen molar-refractivity contribution in [3.8, 4) is 0 Å². The van der Waals surface area contributed by atoms with Crippen LogP contribution < -0.4 is 5.32 Å². The highest BCUT2D eigenvalue weighted by atomic mass is 16.5. The third kappa shape index (κ3) is 2.09. The molecule has 0 saturated carbocycles. The van der Waals surface area contributed by atoms with Crippen molar-refractivity contribution < 1.29 is 9.53 Å². The van der Waals surface area contributed by atoms with Gasteiger partial charge in [-0.05, 0) is 18.9 Å². The first-order chi connectivity index (χ1) is 7.77. The van der Waals surface area contributed by atoms with Gasteiger partial charge in [0.05, 0.1) is 12.0 Å². The molecule has 0 aromatic heterocycles. The summed E-state index contributed by atoms with van der Waals surface area (Å²) in [5.74, 6) is -0.0717. The Balaban J connectivity index is 2.08. The van der Waals surface area contributed by atoms with Crippen LogP contribution in [-0.4, -0.2) is 25.7 Å². The Hall–Kier alpha value is -1.35. The summed E-state index contributed by atoms with van der Waals surface area (Å²) in [6, 6.07) is 10.1. The molecule has 1 aromatic carbocycles. The molecule has 0 aliphatic carbocycles. The minimum Gasteiger partial charge on any atom is -0.465 e. The first-order valence-electron chi connectivity index (χ1n) is 5.69. The zero-order valence-corrected chi connectivity index (χ0v) is 9.53. The molecule has 0 radical (unpaired) electrons. The fraction of sp³-hybridized carbons (Fsp3) is 0.462. The predicted molar refractivity (Wildman–Crippen MR) is 62.1 cm³/mol. The number of carbonyl (C=O) groups excluding carboxylic acids is 1. The second-order valence-corrected chi connectivity index (χ2v) is 4.27. The van der Waals surface area contributed by atoms with Crippen LogP contribution in [0.25, 0.3) is 0 Å². The molecule has 16 heavy (non-hydrogen) atoms. The van der Waals surface area contributed by atoms with Gasteiger partial charge in [-0.1, -0.05) is 30.3 Å². The van der Waals surface area contributed by atoms with Crippen molar-refractivity contribution in [2.45, 2.75) is 13.3 Å². The van der Waals surface area contributed by atoms with Crippen molar-refractivity contribution >= 4 is 5.97 Å². The maximum atomic E-state index is 11.9. The first-order valence-corrected chi connectivity index (χ1v) is 5.69. The van der Waals surface area contributed by atoms with Gasteiger partial charge in [0.25, 0.3) is 0 Å². The fourth-order valence-electron chi connectivity index (χ4n) is 2.04. The third-order valence-electron chi connectivity index (χ3n) is 3.02. The number of hydrogen-bond donors (Lipinski definition) is 1. The monoisotopic (exact) mass is 219 g/mol. The normalized spacial score (nSPS) is 17.6. The Morgan fingerprint density at radius 3 is 2.56 bits per heavy atom. The maximum absolute atomic E-state index is 11.9. The Bertz CT molecular complexity index is 357. The van der Waals surface area contributed by atoms with E-state index in [1.54, 1.807) is 0 Å². The third-order valence-corrected chi connectivity index (χ3v) is 3.02. The van der Waals surface area contributed by atoms with Crippen LogP contribution in [0.2, 0.25) is 0 Å². The Kier molecular flexibility index (Phi) is 3.25. The van der Waals surface area contributed by atoms with Crippen molar-refractivity contribution in [2.24, 2.45) is 5.41 Å². The number of ether oxygens (including phenoxy) is 1. The molecule has 2 rings (SSSR count). The van der Waals surface area contributed by atoms with Gasteiger partial charge < -0.3 is 10.1 Å². The molecule has 3 nitrogen and oxygen atoms in total. The average molecular weight is 219 g/mol. The second kappa shape index (κ2) is 4.66. The topological polar surface area (TPSA) is 38.3 Å². The van der Waals surface area contributed by atoms with Gasteiger partial charge in [0.2, 0.25) is 0 Å². The predicted octanol–water partition coefficient (Wildman–Crippen LogP) is 1.38. The molecule has 0 atom stereocenters. The number of esters is 1. The number of rotatable bonds is 4. The molecule has 1 aromatic rings. The molecule has 1 N–H and O–H groups in total. The average Bonchev–Trinajstić information content (AvgIpc) is 2.25. The van der Waals surface area contributed by atoms with E-state index in [9.17, 15) is 4.79 Å². The summed E-state index contributed by atoms with van der Waals surface area (Å²) in [6.07, 6.45) is 0.764. The van der Waals surface area contributed by atoms with Crippen LogP contribution in [-0.2, 0) is 16.0 Å². The smallest absolute Gasteiger partial charge is 0.315 e. The van der Waals surface area contributed by atoms with E-state index in [0.29, 0.717) is 6.61 Å². The van der Waals surface area contributed by atoms with Gasteiger partial charge in [-0.3, -0.25) is 4.79 Å². The molecule has 1 aliphatic heterocycles. The minimum atomic E-state index is -0.336. The molecule has 1 aliphatic rings. The Morgan fingerprint density at radius 1 is 1.38 bits per heavy atom. The van der Waals surface area contributed by atoms with Gasteiger partial charge >= 0.3 is 5.97 Å². The molecule has 1 heterocycles. The molecule has 0 unspecified atom stereocenters. The Morgan fingerprint density at radius 2 is 2.06 bits per heavy atom. The van der Waals surface area contributed by atoms with E-state index in [1.807, 2.05) is 25.1 Å². The zero-order valence-electron chi connectivity index (χ0n) is 9.53. The highest BCUT2D eigenvalue weighted by molar-refractivity contribution is 5.79. The lowest BCUT2D eigenvalue weighted by Gasteiger charge is -2.40. The van der Waals surface area contributed by atoms with Gasteiger partial charge in [0.1, 0.15) is 0 Å². The number of hydrogen-bond acceptors (Lipinski definition) is 3. The molecule has 1 fully saturated rings. The van der Waals surface area contributed by atoms with Gasteiger partial charge in [0, 0.05) is 13.1 Å². The van der Waals surface area contributed by atoms with E-state index >= 15 is 0 Å². The summed E-state index contributed by atoms with van der Waals surface area (Å²) in [5.41, 5.74) is 0.856. The maximum Gasteiger partial charge on any atom is 0.315 e. The largest absolute Gasteiger partial charge is 0.465 e. The molecule has 0 amide bonds. The van der Waals surface area contributed by atoms with Crippen LogP contribution in [0.1, 0.15) is 12.5 Å².